The maximum atomic E-state index is 10.1. The van der Waals surface area contributed by atoms with Crippen LogP contribution in [0.4, 0.5) is 0 Å². The summed E-state index contributed by atoms with van der Waals surface area (Å²) < 4.78 is 5.63. The van der Waals surface area contributed by atoms with E-state index in [1.807, 2.05) is 37.3 Å². The number of aliphatic hydroxyl groups is 1. The van der Waals surface area contributed by atoms with Gasteiger partial charge in [0.15, 0.2) is 5.96 Å². The van der Waals surface area contributed by atoms with Crippen LogP contribution >= 0.6 is 24.0 Å². The quantitative estimate of drug-likeness (QED) is 0.246. The number of nitrogens with one attached hydrogen (secondary N) is 2. The van der Waals surface area contributed by atoms with Crippen molar-refractivity contribution in [2.45, 2.75) is 13.0 Å². The van der Waals surface area contributed by atoms with Crippen LogP contribution < -0.4 is 15.4 Å². The van der Waals surface area contributed by atoms with E-state index in [1.54, 1.807) is 24.5 Å². The van der Waals surface area contributed by atoms with E-state index in [-0.39, 0.29) is 30.5 Å². The van der Waals surface area contributed by atoms with Crippen molar-refractivity contribution in [3.8, 4) is 5.75 Å². The molecule has 25 heavy (non-hydrogen) atoms. The summed E-state index contributed by atoms with van der Waals surface area (Å²) in [6, 6.07) is 13.2. The molecule has 0 bridgehead atoms. The van der Waals surface area contributed by atoms with Crippen molar-refractivity contribution < 1.29 is 9.84 Å². The van der Waals surface area contributed by atoms with Crippen LogP contribution in [0.1, 0.15) is 18.6 Å². The Bertz CT molecular complexity index is 611. The first kappa shape index (κ1) is 21.2. The monoisotopic (exact) mass is 456 g/mol. The zero-order valence-corrected chi connectivity index (χ0v) is 16.6. The lowest BCUT2D eigenvalue weighted by molar-refractivity contribution is 0.187. The molecule has 0 aliphatic carbocycles. The number of ether oxygens (including phenoxy) is 1. The Morgan fingerprint density at radius 2 is 1.88 bits per heavy atom. The Balaban J connectivity index is 0.00000312. The lowest BCUT2D eigenvalue weighted by Crippen LogP contribution is -2.39. The first-order valence-electron chi connectivity index (χ1n) is 8.07. The van der Waals surface area contributed by atoms with E-state index in [0.717, 1.165) is 17.9 Å². The number of benzene rings is 1. The number of halogens is 1. The van der Waals surface area contributed by atoms with Gasteiger partial charge in [0.05, 0.1) is 19.2 Å². The zero-order chi connectivity index (χ0) is 17.0. The molecule has 1 aromatic heterocycles. The van der Waals surface area contributed by atoms with Gasteiger partial charge in [-0.3, -0.25) is 9.98 Å². The third-order valence-corrected chi connectivity index (χ3v) is 3.26. The molecule has 3 N–H and O–H groups in total. The van der Waals surface area contributed by atoms with E-state index >= 15 is 0 Å². The van der Waals surface area contributed by atoms with Gasteiger partial charge in [-0.15, -0.1) is 24.0 Å². The third-order valence-electron chi connectivity index (χ3n) is 3.26. The highest BCUT2D eigenvalue weighted by atomic mass is 127. The lowest BCUT2D eigenvalue weighted by Gasteiger charge is -2.13. The molecule has 7 heteroatoms. The Morgan fingerprint density at radius 1 is 1.16 bits per heavy atom. The van der Waals surface area contributed by atoms with Gasteiger partial charge >= 0.3 is 0 Å². The zero-order valence-electron chi connectivity index (χ0n) is 14.3. The molecule has 0 radical (unpaired) electrons. The molecule has 1 unspecified atom stereocenters. The second-order valence-electron chi connectivity index (χ2n) is 5.10. The number of hydrogen-bond acceptors (Lipinski definition) is 4. The van der Waals surface area contributed by atoms with Gasteiger partial charge in [0.1, 0.15) is 12.4 Å². The summed E-state index contributed by atoms with van der Waals surface area (Å²) in [5.41, 5.74) is 0.803. The molecule has 0 fully saturated rings. The van der Waals surface area contributed by atoms with Gasteiger partial charge in [-0.05, 0) is 36.8 Å². The third kappa shape index (κ3) is 8.17. The highest BCUT2D eigenvalue weighted by molar-refractivity contribution is 14.0. The molecule has 1 atom stereocenters. The molecular weight excluding hydrogens is 431 g/mol. The second kappa shape index (κ2) is 12.5. The molecule has 136 valence electrons. The lowest BCUT2D eigenvalue weighted by atomic mass is 10.1. The largest absolute Gasteiger partial charge is 0.492 e. The van der Waals surface area contributed by atoms with Crippen LogP contribution in [0.15, 0.2) is 59.9 Å². The minimum atomic E-state index is -0.649. The first-order valence-corrected chi connectivity index (χ1v) is 8.07. The predicted molar refractivity (Wildman–Crippen MR) is 111 cm³/mol. The molecule has 2 rings (SSSR count). The van der Waals surface area contributed by atoms with Crippen molar-refractivity contribution in [3.05, 3.63) is 60.4 Å². The first-order chi connectivity index (χ1) is 11.8. The highest BCUT2D eigenvalue weighted by Crippen LogP contribution is 2.11. The summed E-state index contributed by atoms with van der Waals surface area (Å²) in [7, 11) is 0. The molecule has 0 spiro atoms. The molecule has 1 heterocycles. The van der Waals surface area contributed by atoms with Crippen molar-refractivity contribution in [3.63, 3.8) is 0 Å². The fraction of sp³-hybridized carbons (Fsp3) is 0.333. The number of nitrogens with zero attached hydrogens (tertiary/aromatic N) is 2. The maximum Gasteiger partial charge on any atom is 0.191 e. The van der Waals surface area contributed by atoms with Crippen molar-refractivity contribution in [2.75, 3.05) is 26.2 Å². The van der Waals surface area contributed by atoms with E-state index in [9.17, 15) is 5.11 Å². The van der Waals surface area contributed by atoms with Crippen molar-refractivity contribution >= 4 is 29.9 Å². The van der Waals surface area contributed by atoms with Crippen LogP contribution in [0.3, 0.4) is 0 Å². The van der Waals surface area contributed by atoms with Gasteiger partial charge in [-0.1, -0.05) is 18.2 Å². The minimum Gasteiger partial charge on any atom is -0.492 e. The summed E-state index contributed by atoms with van der Waals surface area (Å²) in [6.45, 7) is 4.17. The van der Waals surface area contributed by atoms with Crippen LogP contribution in [0, 0.1) is 0 Å². The topological polar surface area (TPSA) is 78.8 Å². The average molecular weight is 456 g/mol. The number of aromatic nitrogens is 1. The smallest absolute Gasteiger partial charge is 0.191 e. The van der Waals surface area contributed by atoms with Gasteiger partial charge < -0.3 is 20.5 Å². The fourth-order valence-electron chi connectivity index (χ4n) is 2.07. The number of rotatable bonds is 8. The number of para-hydroxylation sites is 1. The van der Waals surface area contributed by atoms with Crippen molar-refractivity contribution in [2.24, 2.45) is 4.99 Å². The Labute approximate surface area is 165 Å². The summed E-state index contributed by atoms with van der Waals surface area (Å²) in [5.74, 6) is 1.50. The number of aliphatic hydroxyl groups excluding tert-OH is 1. The average Bonchev–Trinajstić information content (AvgIpc) is 2.64. The van der Waals surface area contributed by atoms with E-state index in [2.05, 4.69) is 20.6 Å². The molecule has 2 aromatic rings. The van der Waals surface area contributed by atoms with Crippen LogP contribution in [0.2, 0.25) is 0 Å². The van der Waals surface area contributed by atoms with Gasteiger partial charge in [0, 0.05) is 18.9 Å². The number of pyridine rings is 1. The standard InChI is InChI=1S/C18H24N4O2.HI/c1-2-20-18(21-12-13-24-16-6-4-3-5-7-16)22-14-17(23)15-8-10-19-11-9-15;/h3-11,17,23H,2,12-14H2,1H3,(H2,20,21,22);1H. The summed E-state index contributed by atoms with van der Waals surface area (Å²) in [4.78, 5) is 8.34. The summed E-state index contributed by atoms with van der Waals surface area (Å²) in [6.07, 6.45) is 2.67. The molecule has 0 saturated heterocycles. The number of aliphatic imine (C=N–C) groups is 1. The van der Waals surface area contributed by atoms with E-state index in [4.69, 9.17) is 4.74 Å². The molecular formula is C18H25IN4O2. The van der Waals surface area contributed by atoms with Gasteiger partial charge in [-0.25, -0.2) is 0 Å². The molecule has 0 amide bonds. The van der Waals surface area contributed by atoms with E-state index < -0.39 is 6.10 Å². The molecule has 1 aromatic carbocycles. The van der Waals surface area contributed by atoms with Crippen LogP contribution in [0.5, 0.6) is 5.75 Å². The number of hydrogen-bond donors (Lipinski definition) is 3. The van der Waals surface area contributed by atoms with Crippen LogP contribution in [-0.4, -0.2) is 42.3 Å². The normalized spacial score (nSPS) is 12.0. The number of guanidine groups is 1. The van der Waals surface area contributed by atoms with E-state index in [1.165, 1.54) is 0 Å². The Kier molecular flexibility index (Phi) is 10.6. The summed E-state index contributed by atoms with van der Waals surface area (Å²) >= 11 is 0. The van der Waals surface area contributed by atoms with Gasteiger partial charge in [0.2, 0.25) is 0 Å². The van der Waals surface area contributed by atoms with Crippen LogP contribution in [-0.2, 0) is 0 Å². The summed E-state index contributed by atoms with van der Waals surface area (Å²) in [5, 5.41) is 16.5. The minimum absolute atomic E-state index is 0. The molecule has 0 aliphatic rings. The molecule has 0 saturated carbocycles. The van der Waals surface area contributed by atoms with Crippen molar-refractivity contribution in [1.82, 2.24) is 15.6 Å². The van der Waals surface area contributed by atoms with Gasteiger partial charge in [-0.2, -0.15) is 0 Å². The molecule has 6 nitrogen and oxygen atoms in total. The van der Waals surface area contributed by atoms with E-state index in [0.29, 0.717) is 19.1 Å². The SMILES string of the molecule is CCNC(=NCC(O)c1ccncc1)NCCOc1ccccc1.I. The van der Waals surface area contributed by atoms with Gasteiger partial charge in [0.25, 0.3) is 0 Å². The Morgan fingerprint density at radius 3 is 2.56 bits per heavy atom. The predicted octanol–water partition coefficient (Wildman–Crippen LogP) is 2.37. The Hall–Kier alpha value is -1.87. The van der Waals surface area contributed by atoms with Crippen LogP contribution in [0.25, 0.3) is 0 Å². The van der Waals surface area contributed by atoms with Crippen molar-refractivity contribution in [1.29, 1.82) is 0 Å². The fourth-order valence-corrected chi connectivity index (χ4v) is 2.07. The maximum absolute atomic E-state index is 10.1. The second-order valence-corrected chi connectivity index (χ2v) is 5.10. The molecule has 0 aliphatic heterocycles. The highest BCUT2D eigenvalue weighted by Gasteiger charge is 2.06.